The van der Waals surface area contributed by atoms with Crippen LogP contribution in [0.25, 0.3) is 0 Å². The van der Waals surface area contributed by atoms with Gasteiger partial charge in [0.2, 0.25) is 0 Å². The lowest BCUT2D eigenvalue weighted by atomic mass is 9.98. The van der Waals surface area contributed by atoms with Gasteiger partial charge in [-0.25, -0.2) is 0 Å². The molecule has 6 nitrogen and oxygen atoms in total. The largest absolute Gasteiger partial charge is 0.394 e. The Kier molecular flexibility index (Phi) is 8.75. The first-order valence-electron chi connectivity index (χ1n) is 6.30. The number of rotatable bonds is 7. The summed E-state index contributed by atoms with van der Waals surface area (Å²) in [5.74, 6) is -0.593. The highest BCUT2D eigenvalue weighted by atomic mass is 127. The third-order valence-corrected chi connectivity index (χ3v) is 6.73. The Bertz CT molecular complexity index is 528. The molecule has 2 unspecified atom stereocenters. The van der Waals surface area contributed by atoms with Gasteiger partial charge in [0.05, 0.1) is 31.0 Å². The standard InChI is InChI=1S/C13H16I3NO5/c14-10-7(1-5(20)3-18)11(15)9(13(17)22)12(16)8(10)2-6(21)4-19/h5-6,18-21H,1-4H2,(H2,17,22). The zero-order chi connectivity index (χ0) is 17.0. The third-order valence-electron chi connectivity index (χ3n) is 3.05. The predicted octanol–water partition coefficient (Wildman–Crippen LogP) is 0.391. The summed E-state index contributed by atoms with van der Waals surface area (Å²) in [6.45, 7) is -0.780. The minimum absolute atomic E-state index is 0.173. The summed E-state index contributed by atoms with van der Waals surface area (Å²) in [4.78, 5) is 11.8. The van der Waals surface area contributed by atoms with Crippen molar-refractivity contribution in [2.75, 3.05) is 13.2 Å². The van der Waals surface area contributed by atoms with Gasteiger partial charge in [0.25, 0.3) is 5.91 Å². The molecular weight excluding hydrogens is 631 g/mol. The SMILES string of the molecule is NC(=O)c1c(I)c(CC(O)CO)c(I)c(CC(O)CO)c1I. The van der Waals surface area contributed by atoms with E-state index in [2.05, 4.69) is 22.6 Å². The molecule has 0 heterocycles. The highest BCUT2D eigenvalue weighted by molar-refractivity contribution is 14.1. The van der Waals surface area contributed by atoms with Crippen molar-refractivity contribution in [3.05, 3.63) is 27.4 Å². The Hall–Kier alpha value is 0.720. The number of aliphatic hydroxyl groups is 4. The average molecular weight is 647 g/mol. The van der Waals surface area contributed by atoms with Gasteiger partial charge in [0.1, 0.15) is 0 Å². The first kappa shape index (κ1) is 20.8. The summed E-state index contributed by atoms with van der Waals surface area (Å²) in [5.41, 5.74) is 7.20. The van der Waals surface area contributed by atoms with Crippen LogP contribution in [0.2, 0.25) is 0 Å². The van der Waals surface area contributed by atoms with Crippen molar-refractivity contribution in [1.82, 2.24) is 0 Å². The summed E-state index contributed by atoms with van der Waals surface area (Å²) in [7, 11) is 0. The number of carbonyl (C=O) groups excluding carboxylic acids is 1. The summed E-state index contributed by atoms with van der Waals surface area (Å²) in [5, 5.41) is 37.5. The van der Waals surface area contributed by atoms with Gasteiger partial charge in [-0.05, 0) is 78.9 Å². The molecular formula is C13H16I3NO5. The van der Waals surface area contributed by atoms with Gasteiger partial charge in [-0.1, -0.05) is 0 Å². The van der Waals surface area contributed by atoms with Crippen LogP contribution in [0, 0.1) is 10.7 Å². The molecule has 0 bridgehead atoms. The molecule has 2 atom stereocenters. The highest BCUT2D eigenvalue weighted by Gasteiger charge is 2.25. The first-order chi connectivity index (χ1) is 10.2. The van der Waals surface area contributed by atoms with Gasteiger partial charge in [-0.3, -0.25) is 4.79 Å². The van der Waals surface area contributed by atoms with E-state index in [9.17, 15) is 15.0 Å². The molecule has 1 aromatic carbocycles. The molecule has 124 valence electrons. The fourth-order valence-electron chi connectivity index (χ4n) is 1.95. The Morgan fingerprint density at radius 1 is 0.909 bits per heavy atom. The lowest BCUT2D eigenvalue weighted by Crippen LogP contribution is -2.24. The lowest BCUT2D eigenvalue weighted by molar-refractivity contribution is 0.0934. The number of primary amides is 1. The molecule has 0 saturated carbocycles. The number of nitrogens with two attached hydrogens (primary N) is 1. The maximum absolute atomic E-state index is 11.8. The molecule has 0 aliphatic carbocycles. The summed E-state index contributed by atoms with van der Waals surface area (Å²) in [6, 6.07) is 0. The van der Waals surface area contributed by atoms with E-state index in [0.717, 1.165) is 3.57 Å². The van der Waals surface area contributed by atoms with Gasteiger partial charge < -0.3 is 26.2 Å². The van der Waals surface area contributed by atoms with E-state index in [1.807, 2.05) is 45.2 Å². The van der Waals surface area contributed by atoms with Crippen LogP contribution in [0.1, 0.15) is 21.5 Å². The van der Waals surface area contributed by atoms with Crippen LogP contribution in [0.4, 0.5) is 0 Å². The molecule has 6 N–H and O–H groups in total. The second-order valence-corrected chi connectivity index (χ2v) is 7.96. The second kappa shape index (κ2) is 9.27. The minimum atomic E-state index is -0.946. The molecule has 1 rings (SSSR count). The monoisotopic (exact) mass is 647 g/mol. The van der Waals surface area contributed by atoms with E-state index in [1.165, 1.54) is 0 Å². The molecule has 22 heavy (non-hydrogen) atoms. The van der Waals surface area contributed by atoms with Crippen molar-refractivity contribution in [3.8, 4) is 0 Å². The number of halogens is 3. The zero-order valence-corrected chi connectivity index (χ0v) is 17.9. The number of hydrogen-bond donors (Lipinski definition) is 5. The van der Waals surface area contributed by atoms with Crippen molar-refractivity contribution in [2.45, 2.75) is 25.0 Å². The molecule has 0 aromatic heterocycles. The van der Waals surface area contributed by atoms with Crippen LogP contribution in [-0.2, 0) is 12.8 Å². The molecule has 0 spiro atoms. The van der Waals surface area contributed by atoms with Crippen molar-refractivity contribution >= 4 is 73.7 Å². The van der Waals surface area contributed by atoms with Crippen LogP contribution in [0.3, 0.4) is 0 Å². The van der Waals surface area contributed by atoms with Crippen LogP contribution in [0.15, 0.2) is 0 Å². The van der Waals surface area contributed by atoms with Crippen molar-refractivity contribution in [3.63, 3.8) is 0 Å². The minimum Gasteiger partial charge on any atom is -0.394 e. The van der Waals surface area contributed by atoms with Gasteiger partial charge in [0, 0.05) is 23.6 Å². The number of carbonyl (C=O) groups is 1. The molecule has 0 radical (unpaired) electrons. The number of hydrogen-bond acceptors (Lipinski definition) is 5. The van der Waals surface area contributed by atoms with Crippen molar-refractivity contribution < 1.29 is 25.2 Å². The van der Waals surface area contributed by atoms with Gasteiger partial charge in [-0.2, -0.15) is 0 Å². The highest BCUT2D eigenvalue weighted by Crippen LogP contribution is 2.33. The van der Waals surface area contributed by atoms with Crippen LogP contribution < -0.4 is 5.73 Å². The Morgan fingerprint density at radius 3 is 1.55 bits per heavy atom. The van der Waals surface area contributed by atoms with E-state index in [1.54, 1.807) is 0 Å². The Labute approximate surface area is 168 Å². The molecule has 0 aliphatic rings. The summed E-state index contributed by atoms with van der Waals surface area (Å²) in [6.07, 6.45) is -1.55. The van der Waals surface area contributed by atoms with Crippen LogP contribution in [-0.4, -0.2) is 51.8 Å². The quantitative estimate of drug-likeness (QED) is 0.275. The van der Waals surface area contributed by atoms with E-state index in [0.29, 0.717) is 23.8 Å². The molecule has 0 aliphatic heterocycles. The van der Waals surface area contributed by atoms with E-state index >= 15 is 0 Å². The zero-order valence-electron chi connectivity index (χ0n) is 11.4. The topological polar surface area (TPSA) is 124 Å². The molecule has 1 aromatic rings. The van der Waals surface area contributed by atoms with Crippen molar-refractivity contribution in [2.24, 2.45) is 5.73 Å². The van der Waals surface area contributed by atoms with Crippen LogP contribution >= 0.6 is 67.8 Å². The molecule has 9 heteroatoms. The van der Waals surface area contributed by atoms with E-state index < -0.39 is 31.3 Å². The third kappa shape index (κ3) is 4.86. The van der Waals surface area contributed by atoms with E-state index in [4.69, 9.17) is 15.9 Å². The summed E-state index contributed by atoms with van der Waals surface area (Å²) < 4.78 is 2.05. The first-order valence-corrected chi connectivity index (χ1v) is 9.53. The smallest absolute Gasteiger partial charge is 0.250 e. The molecule has 0 saturated heterocycles. The number of amides is 1. The van der Waals surface area contributed by atoms with Gasteiger partial charge in [0.15, 0.2) is 0 Å². The van der Waals surface area contributed by atoms with Crippen molar-refractivity contribution in [1.29, 1.82) is 0 Å². The average Bonchev–Trinajstić information content (AvgIpc) is 2.47. The molecule has 1 amide bonds. The molecule has 0 fully saturated rings. The fourth-order valence-corrected chi connectivity index (χ4v) is 6.53. The van der Waals surface area contributed by atoms with Crippen LogP contribution in [0.5, 0.6) is 0 Å². The Balaban J connectivity index is 3.52. The second-order valence-electron chi connectivity index (χ2n) is 4.72. The maximum atomic E-state index is 11.8. The predicted molar refractivity (Wildman–Crippen MR) is 107 cm³/mol. The fraction of sp³-hybridized carbons (Fsp3) is 0.462. The normalized spacial score (nSPS) is 14.0. The number of aliphatic hydroxyl groups excluding tert-OH is 4. The van der Waals surface area contributed by atoms with E-state index in [-0.39, 0.29) is 12.8 Å². The Morgan fingerprint density at radius 2 is 1.27 bits per heavy atom. The maximum Gasteiger partial charge on any atom is 0.250 e. The lowest BCUT2D eigenvalue weighted by Gasteiger charge is -2.20. The summed E-state index contributed by atoms with van der Waals surface area (Å²) >= 11 is 6.09. The number of benzene rings is 1. The van der Waals surface area contributed by atoms with Gasteiger partial charge >= 0.3 is 0 Å². The van der Waals surface area contributed by atoms with Gasteiger partial charge in [-0.15, -0.1) is 0 Å².